The molecule has 3 amide bonds. The van der Waals surface area contributed by atoms with E-state index in [-0.39, 0.29) is 54.6 Å². The summed E-state index contributed by atoms with van der Waals surface area (Å²) in [6.07, 6.45) is -1.41. The molecule has 0 bridgehead atoms. The van der Waals surface area contributed by atoms with Crippen molar-refractivity contribution in [3.8, 4) is 11.4 Å². The number of fused-ring (bicyclic) bond motifs is 5. The molecule has 4 heterocycles. The number of guanidine groups is 1. The van der Waals surface area contributed by atoms with E-state index in [1.165, 1.54) is 16.7 Å². The highest BCUT2D eigenvalue weighted by molar-refractivity contribution is 7.86. The van der Waals surface area contributed by atoms with E-state index >= 15 is 0 Å². The number of esters is 2. The number of aliphatic imine (C=N–C) groups is 1. The second-order valence-electron chi connectivity index (χ2n) is 17.0. The number of carbonyl (C=O) groups excluding carboxylic acids is 5. The van der Waals surface area contributed by atoms with E-state index in [2.05, 4.69) is 20.3 Å². The van der Waals surface area contributed by atoms with Crippen LogP contribution in [0.25, 0.3) is 22.3 Å². The van der Waals surface area contributed by atoms with E-state index in [4.69, 9.17) is 25.9 Å². The number of aromatic nitrogens is 2. The van der Waals surface area contributed by atoms with Gasteiger partial charge in [-0.05, 0) is 72.9 Å². The molecule has 2 aliphatic heterocycles. The molecule has 2 aliphatic rings. The maximum Gasteiger partial charge on any atom is 0.355 e. The molecule has 22 heteroatoms. The molecule has 0 aliphatic carbocycles. The predicted octanol–water partition coefficient (Wildman–Crippen LogP) is 3.53. The van der Waals surface area contributed by atoms with Gasteiger partial charge in [0.1, 0.15) is 30.2 Å². The number of para-hydroxylation sites is 1. The van der Waals surface area contributed by atoms with E-state index in [9.17, 15) is 48.1 Å². The number of amides is 3. The van der Waals surface area contributed by atoms with Gasteiger partial charge in [-0.2, -0.15) is 0 Å². The Bertz CT molecular complexity index is 3030. The summed E-state index contributed by atoms with van der Waals surface area (Å²) in [7, 11) is -1.78. The fourth-order valence-electron chi connectivity index (χ4n) is 8.28. The standard InChI is InChI=1S/C48H51N9O12S/c1-4-48(34-21-37-43-29(18-27-10-5-6-15-35(27)53-43)23-56(37)44(63)33(34)25-68-46(48)65)69-45(64)42(26(2)3)54-39(59)24-57(66)40(60)17-9-16-38(58)52-36(22-41(61)62)28-11-7-13-31(19-28)55-70(67)32-14-8-12-30(20-32)51-47(49)50/h5-8,10-15,18-21,26,36,42,55,66H,4,9,16-17,22-25H2,1-3H3,(H,52,58)(H,54,59)(H,61,62)(H4,49,50,51)/t36?,42-,48-,70?/m0/s1. The fourth-order valence-corrected chi connectivity index (χ4v) is 9.17. The molecule has 2 unspecified atom stereocenters. The second kappa shape index (κ2) is 21.1. The summed E-state index contributed by atoms with van der Waals surface area (Å²) in [6.45, 7) is 3.78. The number of carbonyl (C=O) groups is 6. The van der Waals surface area contributed by atoms with E-state index < -0.39 is 95.2 Å². The first-order valence-corrected chi connectivity index (χ1v) is 23.4. The number of hydrogen-bond donors (Lipinski definition) is 7. The van der Waals surface area contributed by atoms with Crippen LogP contribution in [0.3, 0.4) is 0 Å². The molecule has 7 rings (SSSR count). The summed E-state index contributed by atoms with van der Waals surface area (Å²) >= 11 is 0. The number of benzene rings is 3. The topological polar surface area (TPSA) is 317 Å². The fraction of sp³-hybridized carbons (Fsp3) is 0.312. The number of nitrogens with zero attached hydrogens (tertiary/aromatic N) is 4. The Kier molecular flexibility index (Phi) is 15.1. The predicted molar refractivity (Wildman–Crippen MR) is 254 cm³/mol. The van der Waals surface area contributed by atoms with Gasteiger partial charge in [0.15, 0.2) is 5.96 Å². The van der Waals surface area contributed by atoms with Crippen molar-refractivity contribution < 1.29 is 52.8 Å². The van der Waals surface area contributed by atoms with Crippen molar-refractivity contribution in [2.24, 2.45) is 22.4 Å². The summed E-state index contributed by atoms with van der Waals surface area (Å²) in [5, 5.41) is 26.3. The average Bonchev–Trinajstić information content (AvgIpc) is 3.67. The van der Waals surface area contributed by atoms with Crippen LogP contribution in [-0.4, -0.2) is 83.3 Å². The van der Waals surface area contributed by atoms with Gasteiger partial charge < -0.3 is 46.0 Å². The second-order valence-corrected chi connectivity index (χ2v) is 18.2. The van der Waals surface area contributed by atoms with Gasteiger partial charge in [-0.1, -0.05) is 57.2 Å². The maximum atomic E-state index is 14.0. The monoisotopic (exact) mass is 977 g/mol. The number of hydroxylamine groups is 2. The third-order valence-electron chi connectivity index (χ3n) is 11.8. The molecule has 70 heavy (non-hydrogen) atoms. The van der Waals surface area contributed by atoms with Crippen LogP contribution in [0.15, 0.2) is 99.6 Å². The average molecular weight is 978 g/mol. The number of nitrogens with one attached hydrogen (secondary N) is 3. The van der Waals surface area contributed by atoms with Crippen molar-refractivity contribution in [1.82, 2.24) is 25.2 Å². The van der Waals surface area contributed by atoms with Crippen LogP contribution >= 0.6 is 0 Å². The Hall–Kier alpha value is -7.98. The minimum atomic E-state index is -2.07. The van der Waals surface area contributed by atoms with Crippen LogP contribution in [0.5, 0.6) is 0 Å². The lowest BCUT2D eigenvalue weighted by Gasteiger charge is -2.37. The minimum Gasteiger partial charge on any atom is -0.481 e. The molecular weight excluding hydrogens is 927 g/mol. The molecule has 9 N–H and O–H groups in total. The molecule has 0 saturated heterocycles. The molecule has 5 aromatic rings. The molecule has 0 radical (unpaired) electrons. The van der Waals surface area contributed by atoms with Crippen LogP contribution in [0.1, 0.15) is 81.2 Å². The van der Waals surface area contributed by atoms with Crippen LogP contribution in [0.2, 0.25) is 0 Å². The number of aliphatic carboxylic acids is 1. The van der Waals surface area contributed by atoms with E-state index in [1.54, 1.807) is 63.2 Å². The Labute approximate surface area is 402 Å². The smallest absolute Gasteiger partial charge is 0.355 e. The number of carboxylic acids is 1. The number of ether oxygens (including phenoxy) is 2. The summed E-state index contributed by atoms with van der Waals surface area (Å²) < 4.78 is 28.9. The largest absolute Gasteiger partial charge is 0.481 e. The normalized spacial score (nSPS) is 15.8. The molecule has 3 aromatic carbocycles. The summed E-state index contributed by atoms with van der Waals surface area (Å²) in [6, 6.07) is 21.3. The molecule has 0 saturated carbocycles. The van der Waals surface area contributed by atoms with E-state index in [0.717, 1.165) is 10.9 Å². The molecule has 4 atom stereocenters. The van der Waals surface area contributed by atoms with Gasteiger partial charge in [0.25, 0.3) is 5.56 Å². The molecular formula is C48H51N9O12S. The minimum absolute atomic E-state index is 0.106. The zero-order valence-corrected chi connectivity index (χ0v) is 39.1. The van der Waals surface area contributed by atoms with Crippen molar-refractivity contribution in [3.05, 3.63) is 118 Å². The highest BCUT2D eigenvalue weighted by Crippen LogP contribution is 2.41. The van der Waals surface area contributed by atoms with Gasteiger partial charge >= 0.3 is 17.9 Å². The number of pyridine rings is 2. The lowest BCUT2D eigenvalue weighted by molar-refractivity contribution is -0.191. The summed E-state index contributed by atoms with van der Waals surface area (Å²) in [5.41, 5.74) is 12.3. The molecule has 21 nitrogen and oxygen atoms in total. The van der Waals surface area contributed by atoms with Gasteiger partial charge in [0.05, 0.1) is 52.1 Å². The highest BCUT2D eigenvalue weighted by atomic mass is 32.2. The number of cyclic esters (lactones) is 1. The van der Waals surface area contributed by atoms with Gasteiger partial charge in [-0.15, -0.1) is 0 Å². The third-order valence-corrected chi connectivity index (χ3v) is 12.9. The zero-order valence-electron chi connectivity index (χ0n) is 38.3. The van der Waals surface area contributed by atoms with Crippen molar-refractivity contribution in [2.45, 2.75) is 88.6 Å². The van der Waals surface area contributed by atoms with Crippen molar-refractivity contribution >= 4 is 74.9 Å². The molecule has 0 spiro atoms. The van der Waals surface area contributed by atoms with Crippen molar-refractivity contribution in [2.75, 3.05) is 11.3 Å². The third kappa shape index (κ3) is 11.0. The quantitative estimate of drug-likeness (QED) is 0.0201. The van der Waals surface area contributed by atoms with Crippen molar-refractivity contribution in [3.63, 3.8) is 0 Å². The Morgan fingerprint density at radius 3 is 2.46 bits per heavy atom. The Morgan fingerprint density at radius 2 is 1.73 bits per heavy atom. The Morgan fingerprint density at radius 1 is 0.971 bits per heavy atom. The van der Waals surface area contributed by atoms with Crippen LogP contribution in [0, 0.1) is 5.92 Å². The summed E-state index contributed by atoms with van der Waals surface area (Å²) in [4.78, 5) is 102. The van der Waals surface area contributed by atoms with Crippen LogP contribution in [0.4, 0.5) is 11.4 Å². The van der Waals surface area contributed by atoms with Crippen molar-refractivity contribution in [1.29, 1.82) is 0 Å². The zero-order chi connectivity index (χ0) is 50.4. The number of rotatable bonds is 19. The van der Waals surface area contributed by atoms with Gasteiger partial charge in [0, 0.05) is 35.0 Å². The molecule has 0 fully saturated rings. The number of carboxylic acid groups (broad SMARTS) is 1. The van der Waals surface area contributed by atoms with Gasteiger partial charge in [-0.25, -0.2) is 28.8 Å². The molecule has 366 valence electrons. The first-order chi connectivity index (χ1) is 33.4. The lowest BCUT2D eigenvalue weighted by atomic mass is 9.85. The van der Waals surface area contributed by atoms with E-state index in [0.29, 0.717) is 38.7 Å². The Balaban J connectivity index is 0.945. The lowest BCUT2D eigenvalue weighted by Crippen LogP contribution is -2.53. The SMILES string of the molecule is CC[C@@]1(OC(=O)[C@@H](NC(=O)CN(O)C(=O)CCCC(=O)NC(CC(=O)O)c2cccc(NS(=O)c3cccc(N=C(N)N)c3)c2)C(C)C)C(=O)OCc2c1cc1n(c2=O)Cc2cc3ccccc3nc2-1. The number of hydrogen-bond acceptors (Lipinski definition) is 13. The van der Waals surface area contributed by atoms with Gasteiger partial charge in [-0.3, -0.25) is 29.2 Å². The van der Waals surface area contributed by atoms with E-state index in [1.807, 2.05) is 30.3 Å². The maximum absolute atomic E-state index is 14.0. The number of nitrogens with two attached hydrogens (primary N) is 2. The van der Waals surface area contributed by atoms with Crippen LogP contribution in [-0.2, 0) is 68.0 Å². The number of anilines is 1. The first-order valence-electron chi connectivity index (χ1n) is 22.2. The van der Waals surface area contributed by atoms with Crippen LogP contribution < -0.4 is 32.4 Å². The molecule has 2 aromatic heterocycles. The first kappa shape index (κ1) is 49.9. The highest BCUT2D eigenvalue weighted by Gasteiger charge is 2.51. The summed E-state index contributed by atoms with van der Waals surface area (Å²) in [5.74, 6) is -6.46. The van der Waals surface area contributed by atoms with Gasteiger partial charge in [0.2, 0.25) is 23.3 Å².